The number of nitrogens with zero attached hydrogens (tertiary/aromatic N) is 3. The Balaban J connectivity index is 0.000000204. The van der Waals surface area contributed by atoms with Gasteiger partial charge >= 0.3 is 0 Å². The molecule has 3 aromatic rings. The number of aryl methyl sites for hydroxylation is 2. The Kier molecular flexibility index (Phi) is 10.0. The minimum absolute atomic E-state index is 0.872. The Morgan fingerprint density at radius 1 is 1.18 bits per heavy atom. The van der Waals surface area contributed by atoms with E-state index in [0.29, 0.717) is 0 Å². The summed E-state index contributed by atoms with van der Waals surface area (Å²) in [5, 5.41) is 7.69. The molecule has 0 bridgehead atoms. The first-order chi connectivity index (χ1) is 18.5. The minimum atomic E-state index is 0.872. The summed E-state index contributed by atoms with van der Waals surface area (Å²) < 4.78 is 0. The smallest absolute Gasteiger partial charge is 0.0958 e. The first kappa shape index (κ1) is 27.9. The molecule has 1 saturated heterocycles. The van der Waals surface area contributed by atoms with Crippen molar-refractivity contribution in [1.29, 1.82) is 0 Å². The number of pyridine rings is 1. The summed E-state index contributed by atoms with van der Waals surface area (Å²) in [5.74, 6) is 0.872. The lowest BCUT2D eigenvalue weighted by Crippen LogP contribution is -2.21. The van der Waals surface area contributed by atoms with Gasteiger partial charge in [0.25, 0.3) is 0 Å². The van der Waals surface area contributed by atoms with E-state index < -0.39 is 0 Å². The number of aromatic nitrogens is 1. The van der Waals surface area contributed by atoms with Crippen molar-refractivity contribution in [3.8, 4) is 0 Å². The van der Waals surface area contributed by atoms with Crippen LogP contribution in [-0.2, 0) is 13.0 Å². The number of benzene rings is 1. The fourth-order valence-electron chi connectivity index (χ4n) is 5.30. The van der Waals surface area contributed by atoms with Gasteiger partial charge in [0, 0.05) is 42.0 Å². The molecule has 0 amide bonds. The first-order valence-corrected chi connectivity index (χ1v) is 14.8. The summed E-state index contributed by atoms with van der Waals surface area (Å²) in [7, 11) is 0. The van der Waals surface area contributed by atoms with Gasteiger partial charge in [-0.25, -0.2) is 0 Å². The minimum Gasteiger partial charge on any atom is -0.359 e. The van der Waals surface area contributed by atoms with E-state index in [-0.39, 0.29) is 0 Å². The van der Waals surface area contributed by atoms with Crippen LogP contribution in [0.1, 0.15) is 61.1 Å². The second kappa shape index (κ2) is 13.6. The lowest BCUT2D eigenvalue weighted by atomic mass is 9.92. The molecule has 0 spiro atoms. The van der Waals surface area contributed by atoms with Crippen LogP contribution in [0.4, 0.5) is 16.4 Å². The lowest BCUT2D eigenvalue weighted by Gasteiger charge is -2.19. The average Bonchev–Trinajstić information content (AvgIpc) is 3.69. The maximum absolute atomic E-state index is 4.38. The van der Waals surface area contributed by atoms with Gasteiger partial charge in [-0.15, -0.1) is 11.3 Å². The molecule has 1 atom stereocenters. The third-order valence-corrected chi connectivity index (χ3v) is 8.53. The van der Waals surface area contributed by atoms with Crippen molar-refractivity contribution in [1.82, 2.24) is 10.3 Å². The van der Waals surface area contributed by atoms with Gasteiger partial charge in [-0.3, -0.25) is 10.3 Å². The molecule has 0 saturated carbocycles. The van der Waals surface area contributed by atoms with Crippen LogP contribution in [0.5, 0.6) is 0 Å². The number of hydrogen-bond donors (Lipinski definition) is 2. The summed E-state index contributed by atoms with van der Waals surface area (Å²) in [5.41, 5.74) is 7.57. The van der Waals surface area contributed by atoms with Gasteiger partial charge in [0.1, 0.15) is 0 Å². The molecule has 1 unspecified atom stereocenters. The van der Waals surface area contributed by atoms with Gasteiger partial charge in [-0.2, -0.15) is 0 Å². The molecule has 2 N–H and O–H groups in total. The maximum atomic E-state index is 4.38. The number of anilines is 3. The SMILES string of the molecule is C=C1c2cc(CCC(CC)CCC)ccc2CN1c1ccc(C)s1.C=CNc1cnccc1N1CCNC1. The Morgan fingerprint density at radius 2 is 2.05 bits per heavy atom. The predicted molar refractivity (Wildman–Crippen MR) is 166 cm³/mol. The first-order valence-electron chi connectivity index (χ1n) is 14.0. The van der Waals surface area contributed by atoms with Gasteiger partial charge in [0.05, 0.1) is 29.2 Å². The highest BCUT2D eigenvalue weighted by atomic mass is 32.1. The number of hydrogen-bond acceptors (Lipinski definition) is 6. The van der Waals surface area contributed by atoms with Crippen molar-refractivity contribution in [2.45, 2.75) is 59.4 Å². The summed E-state index contributed by atoms with van der Waals surface area (Å²) in [6.07, 6.45) is 11.8. The van der Waals surface area contributed by atoms with Gasteiger partial charge in [0.15, 0.2) is 0 Å². The second-order valence-electron chi connectivity index (χ2n) is 10.2. The van der Waals surface area contributed by atoms with Crippen LogP contribution in [0.3, 0.4) is 0 Å². The molecule has 2 aliphatic rings. The van der Waals surface area contributed by atoms with Gasteiger partial charge in [-0.05, 0) is 67.3 Å². The quantitative estimate of drug-likeness (QED) is 0.280. The third-order valence-electron chi connectivity index (χ3n) is 7.50. The third kappa shape index (κ3) is 6.86. The lowest BCUT2D eigenvalue weighted by molar-refractivity contribution is 0.432. The van der Waals surface area contributed by atoms with Gasteiger partial charge in [-0.1, -0.05) is 58.4 Å². The van der Waals surface area contributed by atoms with Crippen LogP contribution in [0.2, 0.25) is 0 Å². The number of rotatable bonds is 10. The fraction of sp³-hybridized carbons (Fsp3) is 0.406. The Morgan fingerprint density at radius 3 is 2.74 bits per heavy atom. The van der Waals surface area contributed by atoms with Crippen LogP contribution >= 0.6 is 11.3 Å². The van der Waals surface area contributed by atoms with Crippen molar-refractivity contribution >= 4 is 33.4 Å². The van der Waals surface area contributed by atoms with E-state index in [1.54, 1.807) is 6.20 Å². The zero-order valence-electron chi connectivity index (χ0n) is 23.3. The summed E-state index contributed by atoms with van der Waals surface area (Å²) in [6.45, 7) is 18.7. The van der Waals surface area contributed by atoms with Crippen LogP contribution in [0.25, 0.3) is 5.70 Å². The predicted octanol–water partition coefficient (Wildman–Crippen LogP) is 7.81. The zero-order valence-corrected chi connectivity index (χ0v) is 24.1. The van der Waals surface area contributed by atoms with Crippen LogP contribution in [0.15, 0.2) is 68.1 Å². The monoisotopic (exact) mass is 529 g/mol. The second-order valence-corrected chi connectivity index (χ2v) is 11.4. The zero-order chi connectivity index (χ0) is 26.9. The van der Waals surface area contributed by atoms with Crippen molar-refractivity contribution in [3.63, 3.8) is 0 Å². The molecule has 202 valence electrons. The number of thiophene rings is 1. The maximum Gasteiger partial charge on any atom is 0.0958 e. The standard InChI is InChI=1S/C22H29NS.C10H14N4/c1-5-7-18(6-2)9-10-19-11-12-20-15-23(17(4)21(20)14-19)22-13-8-16(3)24-22;1-2-13-9-7-11-4-3-10(9)14-6-5-12-8-14/h8,11-14,18H,4-7,9-10,15H2,1-3H3;2-4,7,12-13H,1,5-6,8H2. The van der Waals surface area contributed by atoms with Gasteiger partial charge < -0.3 is 15.1 Å². The summed E-state index contributed by atoms with van der Waals surface area (Å²) in [4.78, 5) is 10.1. The molecule has 1 aromatic carbocycles. The number of fused-ring (bicyclic) bond motifs is 1. The van der Waals surface area contributed by atoms with Crippen molar-refractivity contribution in [3.05, 3.63) is 89.7 Å². The largest absolute Gasteiger partial charge is 0.359 e. The van der Waals surface area contributed by atoms with E-state index in [2.05, 4.69) is 89.7 Å². The molecule has 5 nitrogen and oxygen atoms in total. The van der Waals surface area contributed by atoms with Crippen molar-refractivity contribution < 1.29 is 0 Å². The molecule has 2 aromatic heterocycles. The van der Waals surface area contributed by atoms with Crippen LogP contribution < -0.4 is 20.4 Å². The highest BCUT2D eigenvalue weighted by Crippen LogP contribution is 2.39. The molecule has 5 rings (SSSR count). The molecule has 38 heavy (non-hydrogen) atoms. The molecule has 1 fully saturated rings. The molecule has 0 aliphatic carbocycles. The van der Waals surface area contributed by atoms with E-state index >= 15 is 0 Å². The number of nitrogens with one attached hydrogen (secondary N) is 2. The van der Waals surface area contributed by atoms with Crippen LogP contribution in [0, 0.1) is 12.8 Å². The normalized spacial score (nSPS) is 15.2. The van der Waals surface area contributed by atoms with Crippen molar-refractivity contribution in [2.24, 2.45) is 5.92 Å². The summed E-state index contributed by atoms with van der Waals surface area (Å²) >= 11 is 1.85. The topological polar surface area (TPSA) is 43.4 Å². The molecule has 0 radical (unpaired) electrons. The van der Waals surface area contributed by atoms with Crippen LogP contribution in [-0.4, -0.2) is 24.7 Å². The van der Waals surface area contributed by atoms with Crippen molar-refractivity contribution in [2.75, 3.05) is 34.9 Å². The van der Waals surface area contributed by atoms with E-state index in [9.17, 15) is 0 Å². The van der Waals surface area contributed by atoms with E-state index in [1.807, 2.05) is 29.8 Å². The fourth-order valence-corrected chi connectivity index (χ4v) is 6.19. The molecule has 4 heterocycles. The molecular formula is C32H43N5S. The van der Waals surface area contributed by atoms with E-state index in [4.69, 9.17) is 0 Å². The van der Waals surface area contributed by atoms with E-state index in [0.717, 1.165) is 43.6 Å². The highest BCUT2D eigenvalue weighted by Gasteiger charge is 2.24. The molecular weight excluding hydrogens is 486 g/mol. The Bertz CT molecular complexity index is 1210. The molecule has 6 heteroatoms. The van der Waals surface area contributed by atoms with Gasteiger partial charge in [0.2, 0.25) is 0 Å². The average molecular weight is 530 g/mol. The molecule has 2 aliphatic heterocycles. The summed E-state index contributed by atoms with van der Waals surface area (Å²) in [6, 6.07) is 13.5. The van der Waals surface area contributed by atoms with E-state index in [1.165, 1.54) is 64.4 Å². The Hall–Kier alpha value is -3.09. The highest BCUT2D eigenvalue weighted by molar-refractivity contribution is 7.16. The Labute approximate surface area is 233 Å².